The van der Waals surface area contributed by atoms with Crippen molar-refractivity contribution in [3.05, 3.63) is 53.6 Å². The molecule has 0 radical (unpaired) electrons. The van der Waals surface area contributed by atoms with Crippen molar-refractivity contribution in [2.24, 2.45) is 0 Å². The highest BCUT2D eigenvalue weighted by molar-refractivity contribution is 7.92. The Morgan fingerprint density at radius 1 is 0.933 bits per heavy atom. The van der Waals surface area contributed by atoms with Gasteiger partial charge >= 0.3 is 6.03 Å². The Morgan fingerprint density at radius 2 is 1.60 bits per heavy atom. The van der Waals surface area contributed by atoms with Gasteiger partial charge in [-0.3, -0.25) is 9.10 Å². The minimum Gasteiger partial charge on any atom is -0.325 e. The van der Waals surface area contributed by atoms with Gasteiger partial charge in [0.2, 0.25) is 10.0 Å². The van der Waals surface area contributed by atoms with Gasteiger partial charge in [-0.1, -0.05) is 12.1 Å². The van der Waals surface area contributed by atoms with Gasteiger partial charge < -0.3 is 15.5 Å². The van der Waals surface area contributed by atoms with Crippen molar-refractivity contribution >= 4 is 39.0 Å². The molecular formula is C21H24N4O4S. The van der Waals surface area contributed by atoms with Crippen LogP contribution in [0, 0.1) is 0 Å². The van der Waals surface area contributed by atoms with Gasteiger partial charge in [0.1, 0.15) is 0 Å². The summed E-state index contributed by atoms with van der Waals surface area (Å²) >= 11 is 0. The van der Waals surface area contributed by atoms with Crippen LogP contribution in [-0.2, 0) is 16.4 Å². The zero-order valence-electron chi connectivity index (χ0n) is 16.7. The third kappa shape index (κ3) is 4.11. The fourth-order valence-electron chi connectivity index (χ4n) is 3.87. The average Bonchev–Trinajstić information content (AvgIpc) is 3.38. The summed E-state index contributed by atoms with van der Waals surface area (Å²) in [6.45, 7) is 1.85. The number of carbonyl (C=O) groups is 2. The lowest BCUT2D eigenvalue weighted by atomic mass is 10.1. The van der Waals surface area contributed by atoms with Gasteiger partial charge in [-0.05, 0) is 55.2 Å². The van der Waals surface area contributed by atoms with E-state index in [1.54, 1.807) is 47.4 Å². The number of hydrogen-bond acceptors (Lipinski definition) is 4. The zero-order valence-corrected chi connectivity index (χ0v) is 17.5. The van der Waals surface area contributed by atoms with Crippen LogP contribution >= 0.6 is 0 Å². The molecule has 9 heteroatoms. The number of nitrogens with one attached hydrogen (secondary N) is 2. The number of anilines is 3. The zero-order chi connectivity index (χ0) is 21.3. The number of urea groups is 1. The van der Waals surface area contributed by atoms with Crippen molar-refractivity contribution in [1.29, 1.82) is 0 Å². The maximum atomic E-state index is 12.8. The van der Waals surface area contributed by atoms with Crippen LogP contribution in [0.4, 0.5) is 21.9 Å². The quantitative estimate of drug-likeness (QED) is 0.782. The van der Waals surface area contributed by atoms with Gasteiger partial charge in [0.15, 0.2) is 0 Å². The summed E-state index contributed by atoms with van der Waals surface area (Å²) in [4.78, 5) is 27.0. The highest BCUT2D eigenvalue weighted by Crippen LogP contribution is 2.31. The number of amides is 3. The van der Waals surface area contributed by atoms with Crippen LogP contribution in [0.5, 0.6) is 0 Å². The lowest BCUT2D eigenvalue weighted by molar-refractivity contribution is 0.102. The van der Waals surface area contributed by atoms with Crippen molar-refractivity contribution < 1.29 is 18.0 Å². The number of nitrogens with zero attached hydrogens (tertiary/aromatic N) is 2. The predicted molar refractivity (Wildman–Crippen MR) is 117 cm³/mol. The lowest BCUT2D eigenvalue weighted by Gasteiger charge is -2.18. The molecule has 2 aliphatic rings. The van der Waals surface area contributed by atoms with E-state index in [0.29, 0.717) is 35.6 Å². The Balaban J connectivity index is 1.50. The summed E-state index contributed by atoms with van der Waals surface area (Å²) in [6.07, 6.45) is 3.74. The molecule has 0 unspecified atom stereocenters. The van der Waals surface area contributed by atoms with E-state index in [1.165, 1.54) is 10.6 Å². The van der Waals surface area contributed by atoms with Crippen LogP contribution in [0.3, 0.4) is 0 Å². The standard InChI is InChI=1S/C21H24N4O4S/c1-30(28,29)25-13-10-15-14-16(8-9-19(15)25)20(26)22-17-6-2-3-7-18(17)23-21(27)24-11-4-5-12-24/h2-3,6-9,14H,4-5,10-13H2,1H3,(H,22,26)(H,23,27). The second-order valence-corrected chi connectivity index (χ2v) is 9.46. The van der Waals surface area contributed by atoms with E-state index >= 15 is 0 Å². The predicted octanol–water partition coefficient (Wildman–Crippen LogP) is 2.89. The third-order valence-electron chi connectivity index (χ3n) is 5.41. The molecule has 30 heavy (non-hydrogen) atoms. The summed E-state index contributed by atoms with van der Waals surface area (Å²) < 4.78 is 25.1. The molecule has 2 N–H and O–H groups in total. The molecular weight excluding hydrogens is 404 g/mol. The molecule has 0 saturated carbocycles. The van der Waals surface area contributed by atoms with Crippen LogP contribution in [0.1, 0.15) is 28.8 Å². The number of para-hydroxylation sites is 2. The largest absolute Gasteiger partial charge is 0.325 e. The van der Waals surface area contributed by atoms with Crippen molar-refractivity contribution in [3.8, 4) is 0 Å². The molecule has 8 nitrogen and oxygen atoms in total. The van der Waals surface area contributed by atoms with Crippen molar-refractivity contribution in [2.45, 2.75) is 19.3 Å². The molecule has 2 heterocycles. The van der Waals surface area contributed by atoms with Crippen molar-refractivity contribution in [1.82, 2.24) is 4.90 Å². The molecule has 0 aliphatic carbocycles. The van der Waals surface area contributed by atoms with E-state index < -0.39 is 10.0 Å². The highest BCUT2D eigenvalue weighted by atomic mass is 32.2. The van der Waals surface area contributed by atoms with Gasteiger partial charge in [0, 0.05) is 25.2 Å². The second kappa shape index (κ2) is 7.98. The first-order valence-corrected chi connectivity index (χ1v) is 11.7. The number of rotatable bonds is 4. The minimum atomic E-state index is -3.33. The average molecular weight is 429 g/mol. The number of benzene rings is 2. The summed E-state index contributed by atoms with van der Waals surface area (Å²) in [5.41, 5.74) is 2.92. The Labute approximate surface area is 175 Å². The normalized spacial score (nSPS) is 15.8. The van der Waals surface area contributed by atoms with Crippen molar-refractivity contribution in [3.63, 3.8) is 0 Å². The van der Waals surface area contributed by atoms with Gasteiger partial charge in [0.05, 0.1) is 23.3 Å². The molecule has 158 valence electrons. The topological polar surface area (TPSA) is 98.8 Å². The number of fused-ring (bicyclic) bond motifs is 1. The van der Waals surface area contributed by atoms with Crippen LogP contribution in [-0.4, -0.2) is 51.1 Å². The van der Waals surface area contributed by atoms with E-state index in [9.17, 15) is 18.0 Å². The second-order valence-electron chi connectivity index (χ2n) is 7.55. The van der Waals surface area contributed by atoms with Gasteiger partial charge in [-0.25, -0.2) is 13.2 Å². The summed E-state index contributed by atoms with van der Waals surface area (Å²) in [5.74, 6) is -0.321. The van der Waals surface area contributed by atoms with E-state index in [2.05, 4.69) is 10.6 Å². The SMILES string of the molecule is CS(=O)(=O)N1CCc2cc(C(=O)Nc3ccccc3NC(=O)N3CCCC3)ccc21. The fraction of sp³-hybridized carbons (Fsp3) is 0.333. The lowest BCUT2D eigenvalue weighted by Crippen LogP contribution is -2.32. The number of likely N-dealkylation sites (tertiary alicyclic amines) is 1. The van der Waals surface area contributed by atoms with Crippen LogP contribution < -0.4 is 14.9 Å². The molecule has 0 atom stereocenters. The van der Waals surface area contributed by atoms with Crippen LogP contribution in [0.25, 0.3) is 0 Å². The number of sulfonamides is 1. The Bertz CT molecular complexity index is 1090. The molecule has 0 bridgehead atoms. The molecule has 1 saturated heterocycles. The molecule has 0 aromatic heterocycles. The minimum absolute atomic E-state index is 0.174. The van der Waals surface area contributed by atoms with Crippen LogP contribution in [0.15, 0.2) is 42.5 Å². The maximum absolute atomic E-state index is 12.8. The first-order valence-electron chi connectivity index (χ1n) is 9.90. The maximum Gasteiger partial charge on any atom is 0.321 e. The fourth-order valence-corrected chi connectivity index (χ4v) is 4.83. The molecule has 4 rings (SSSR count). The molecule has 2 aromatic carbocycles. The summed E-state index contributed by atoms with van der Waals surface area (Å²) in [6, 6.07) is 11.9. The van der Waals surface area contributed by atoms with E-state index in [1.807, 2.05) is 0 Å². The van der Waals surface area contributed by atoms with E-state index in [0.717, 1.165) is 31.5 Å². The molecule has 3 amide bonds. The van der Waals surface area contributed by atoms with E-state index in [4.69, 9.17) is 0 Å². The summed E-state index contributed by atoms with van der Waals surface area (Å²) in [5, 5.41) is 5.72. The Kier molecular flexibility index (Phi) is 5.38. The van der Waals surface area contributed by atoms with Gasteiger partial charge in [0.25, 0.3) is 5.91 Å². The monoisotopic (exact) mass is 428 g/mol. The van der Waals surface area contributed by atoms with E-state index in [-0.39, 0.29) is 11.9 Å². The summed E-state index contributed by atoms with van der Waals surface area (Å²) in [7, 11) is -3.33. The van der Waals surface area contributed by atoms with Crippen LogP contribution in [0.2, 0.25) is 0 Å². The number of hydrogen-bond donors (Lipinski definition) is 2. The highest BCUT2D eigenvalue weighted by Gasteiger charge is 2.27. The molecule has 2 aliphatic heterocycles. The number of carbonyl (C=O) groups excluding carboxylic acids is 2. The molecule has 0 spiro atoms. The van der Waals surface area contributed by atoms with Gasteiger partial charge in [-0.15, -0.1) is 0 Å². The Hall–Kier alpha value is -3.07. The first-order chi connectivity index (χ1) is 14.3. The third-order valence-corrected chi connectivity index (χ3v) is 6.59. The smallest absolute Gasteiger partial charge is 0.321 e. The van der Waals surface area contributed by atoms with Gasteiger partial charge in [-0.2, -0.15) is 0 Å². The van der Waals surface area contributed by atoms with Crippen molar-refractivity contribution in [2.75, 3.05) is 40.8 Å². The first kappa shape index (κ1) is 20.2. The Morgan fingerprint density at radius 3 is 2.27 bits per heavy atom. The molecule has 1 fully saturated rings. The molecule has 2 aromatic rings.